The Labute approximate surface area is 118 Å². The van der Waals surface area contributed by atoms with Gasteiger partial charge in [-0.3, -0.25) is 4.79 Å². The summed E-state index contributed by atoms with van der Waals surface area (Å²) < 4.78 is 26.2. The number of primary amides is 1. The van der Waals surface area contributed by atoms with Crippen molar-refractivity contribution in [2.75, 3.05) is 13.1 Å². The minimum atomic E-state index is -3.70. The predicted octanol–water partition coefficient (Wildman–Crippen LogP) is 0.239. The summed E-state index contributed by atoms with van der Waals surface area (Å²) in [5, 5.41) is 9.60. The van der Waals surface area contributed by atoms with Crippen LogP contribution < -0.4 is 5.73 Å². The molecule has 7 heteroatoms. The van der Waals surface area contributed by atoms with E-state index in [0.717, 1.165) is 0 Å². The fraction of sp³-hybridized carbons (Fsp3) is 0.462. The lowest BCUT2D eigenvalue weighted by Gasteiger charge is -2.29. The Kier molecular flexibility index (Phi) is 4.12. The maximum Gasteiger partial charge on any atom is 0.249 e. The lowest BCUT2D eigenvalue weighted by atomic mass is 10.1. The van der Waals surface area contributed by atoms with Gasteiger partial charge in [0.2, 0.25) is 15.9 Å². The molecule has 0 unspecified atom stereocenters. The van der Waals surface area contributed by atoms with Gasteiger partial charge in [0.15, 0.2) is 0 Å². The summed E-state index contributed by atoms with van der Waals surface area (Å²) in [5.41, 5.74) is 6.07. The first-order valence-electron chi connectivity index (χ1n) is 6.41. The summed E-state index contributed by atoms with van der Waals surface area (Å²) >= 11 is 0. The maximum absolute atomic E-state index is 12.5. The van der Waals surface area contributed by atoms with Crippen molar-refractivity contribution in [3.8, 4) is 0 Å². The second kappa shape index (κ2) is 5.51. The fourth-order valence-electron chi connectivity index (χ4n) is 2.32. The van der Waals surface area contributed by atoms with Gasteiger partial charge in [0.1, 0.15) is 0 Å². The van der Waals surface area contributed by atoms with Crippen LogP contribution >= 0.6 is 0 Å². The number of β-amino-alcohol motifs (C(OH)–C–C–N with tert-alkyl or cyclic N) is 1. The molecule has 1 aromatic carbocycles. The number of aryl methyl sites for hydroxylation is 1. The van der Waals surface area contributed by atoms with Crippen LogP contribution in [0.25, 0.3) is 0 Å². The third kappa shape index (κ3) is 2.84. The van der Waals surface area contributed by atoms with Gasteiger partial charge in [0.05, 0.1) is 11.0 Å². The van der Waals surface area contributed by atoms with Crippen molar-refractivity contribution < 1.29 is 18.3 Å². The molecule has 0 aromatic heterocycles. The normalized spacial score (nSPS) is 20.8. The Morgan fingerprint density at radius 2 is 2.15 bits per heavy atom. The van der Waals surface area contributed by atoms with Gasteiger partial charge in [-0.15, -0.1) is 0 Å². The highest BCUT2D eigenvalue weighted by Crippen LogP contribution is 2.22. The molecule has 0 radical (unpaired) electrons. The summed E-state index contributed by atoms with van der Waals surface area (Å²) in [6.07, 6.45) is 0.584. The summed E-state index contributed by atoms with van der Waals surface area (Å²) in [6, 6.07) is 4.32. The van der Waals surface area contributed by atoms with Crippen LogP contribution in [0.15, 0.2) is 23.1 Å². The van der Waals surface area contributed by atoms with Crippen LogP contribution in [0.1, 0.15) is 28.8 Å². The molecule has 1 fully saturated rings. The van der Waals surface area contributed by atoms with E-state index < -0.39 is 22.0 Å². The van der Waals surface area contributed by atoms with E-state index in [4.69, 9.17) is 5.73 Å². The van der Waals surface area contributed by atoms with Crippen LogP contribution in [-0.4, -0.2) is 42.9 Å². The topological polar surface area (TPSA) is 101 Å². The number of aliphatic hydroxyl groups excluding tert-OH is 1. The van der Waals surface area contributed by atoms with Crippen molar-refractivity contribution in [3.63, 3.8) is 0 Å². The van der Waals surface area contributed by atoms with Gasteiger partial charge in [-0.05, 0) is 37.5 Å². The number of nitrogens with two attached hydrogens (primary N) is 1. The molecule has 1 atom stereocenters. The minimum absolute atomic E-state index is 0.0333. The molecule has 1 amide bonds. The molecule has 1 aromatic rings. The number of carbonyl (C=O) groups excluding carboxylic acids is 1. The number of nitrogens with zero attached hydrogens (tertiary/aromatic N) is 1. The van der Waals surface area contributed by atoms with E-state index in [2.05, 4.69) is 0 Å². The number of aliphatic hydroxyl groups is 1. The predicted molar refractivity (Wildman–Crippen MR) is 73.7 cm³/mol. The van der Waals surface area contributed by atoms with E-state index in [1.54, 1.807) is 13.0 Å². The van der Waals surface area contributed by atoms with Gasteiger partial charge >= 0.3 is 0 Å². The van der Waals surface area contributed by atoms with Crippen LogP contribution in [0.4, 0.5) is 0 Å². The van der Waals surface area contributed by atoms with Crippen LogP contribution in [0.2, 0.25) is 0 Å². The van der Waals surface area contributed by atoms with Gasteiger partial charge in [0, 0.05) is 18.7 Å². The molecule has 1 aliphatic heterocycles. The van der Waals surface area contributed by atoms with E-state index >= 15 is 0 Å². The van der Waals surface area contributed by atoms with Crippen molar-refractivity contribution in [1.82, 2.24) is 4.31 Å². The highest BCUT2D eigenvalue weighted by molar-refractivity contribution is 7.89. The van der Waals surface area contributed by atoms with Crippen LogP contribution in [0, 0.1) is 6.92 Å². The molecule has 0 bridgehead atoms. The molecular formula is C13H18N2O4S. The fourth-order valence-corrected chi connectivity index (χ4v) is 3.86. The van der Waals surface area contributed by atoms with Crippen LogP contribution in [0.3, 0.4) is 0 Å². The number of rotatable bonds is 3. The minimum Gasteiger partial charge on any atom is -0.392 e. The monoisotopic (exact) mass is 298 g/mol. The molecular weight excluding hydrogens is 280 g/mol. The van der Waals surface area contributed by atoms with Gasteiger partial charge < -0.3 is 10.8 Å². The lowest BCUT2D eigenvalue weighted by molar-refractivity contribution is 0.0999. The molecule has 3 N–H and O–H groups in total. The summed E-state index contributed by atoms with van der Waals surface area (Å²) in [7, 11) is -3.70. The van der Waals surface area contributed by atoms with E-state index in [9.17, 15) is 18.3 Å². The van der Waals surface area contributed by atoms with Gasteiger partial charge in [-0.1, -0.05) is 6.07 Å². The zero-order valence-corrected chi connectivity index (χ0v) is 12.1. The number of benzene rings is 1. The highest BCUT2D eigenvalue weighted by Gasteiger charge is 2.29. The Balaban J connectivity index is 2.39. The highest BCUT2D eigenvalue weighted by atomic mass is 32.2. The molecule has 2 rings (SSSR count). The quantitative estimate of drug-likeness (QED) is 0.834. The second-order valence-electron chi connectivity index (χ2n) is 5.00. The van der Waals surface area contributed by atoms with Crippen molar-refractivity contribution >= 4 is 15.9 Å². The summed E-state index contributed by atoms with van der Waals surface area (Å²) in [5.74, 6) is -0.654. The molecule has 20 heavy (non-hydrogen) atoms. The first-order chi connectivity index (χ1) is 9.32. The standard InChI is InChI=1S/C13H18N2O4S/c1-9-4-5-11(7-12(9)13(14)17)20(18,19)15-6-2-3-10(16)8-15/h4-5,7,10,16H,2-3,6,8H2,1H3,(H2,14,17)/t10-/m0/s1. The van der Waals surface area contributed by atoms with Crippen LogP contribution in [0.5, 0.6) is 0 Å². The van der Waals surface area contributed by atoms with Gasteiger partial charge in [0.25, 0.3) is 0 Å². The molecule has 0 spiro atoms. The van der Waals surface area contributed by atoms with Gasteiger partial charge in [-0.25, -0.2) is 8.42 Å². The SMILES string of the molecule is Cc1ccc(S(=O)(=O)N2CCC[C@H](O)C2)cc1C(N)=O. The van der Waals surface area contributed by atoms with Crippen molar-refractivity contribution in [2.24, 2.45) is 5.73 Å². The number of sulfonamides is 1. The van der Waals surface area contributed by atoms with E-state index in [-0.39, 0.29) is 17.0 Å². The van der Waals surface area contributed by atoms with E-state index in [0.29, 0.717) is 24.9 Å². The number of hydrogen-bond donors (Lipinski definition) is 2. The number of piperidine rings is 1. The third-order valence-electron chi connectivity index (χ3n) is 3.47. The average molecular weight is 298 g/mol. The number of carbonyl (C=O) groups is 1. The zero-order valence-electron chi connectivity index (χ0n) is 11.2. The third-order valence-corrected chi connectivity index (χ3v) is 5.33. The summed E-state index contributed by atoms with van der Waals surface area (Å²) in [4.78, 5) is 11.3. The lowest BCUT2D eigenvalue weighted by Crippen LogP contribution is -2.42. The molecule has 1 aliphatic rings. The molecule has 1 heterocycles. The average Bonchev–Trinajstić information content (AvgIpc) is 2.38. The zero-order chi connectivity index (χ0) is 14.9. The maximum atomic E-state index is 12.5. The Morgan fingerprint density at radius 3 is 2.75 bits per heavy atom. The molecule has 0 aliphatic carbocycles. The van der Waals surface area contributed by atoms with Crippen LogP contribution in [-0.2, 0) is 10.0 Å². The largest absolute Gasteiger partial charge is 0.392 e. The first kappa shape index (κ1) is 15.0. The summed E-state index contributed by atoms with van der Waals surface area (Å²) in [6.45, 7) is 2.16. The van der Waals surface area contributed by atoms with Crippen molar-refractivity contribution in [2.45, 2.75) is 30.8 Å². The molecule has 0 saturated carbocycles. The number of hydrogen-bond acceptors (Lipinski definition) is 4. The Morgan fingerprint density at radius 1 is 1.45 bits per heavy atom. The van der Waals surface area contributed by atoms with Crippen molar-refractivity contribution in [3.05, 3.63) is 29.3 Å². The first-order valence-corrected chi connectivity index (χ1v) is 7.85. The van der Waals surface area contributed by atoms with E-state index in [1.807, 2.05) is 0 Å². The smallest absolute Gasteiger partial charge is 0.249 e. The molecule has 110 valence electrons. The molecule has 1 saturated heterocycles. The Hall–Kier alpha value is -1.44. The van der Waals surface area contributed by atoms with Gasteiger partial charge in [-0.2, -0.15) is 4.31 Å². The van der Waals surface area contributed by atoms with Crippen molar-refractivity contribution in [1.29, 1.82) is 0 Å². The Bertz CT molecular complexity index is 627. The number of amides is 1. The molecule has 6 nitrogen and oxygen atoms in total. The van der Waals surface area contributed by atoms with E-state index in [1.165, 1.54) is 16.4 Å². The second-order valence-corrected chi connectivity index (χ2v) is 6.94.